The van der Waals surface area contributed by atoms with E-state index in [-0.39, 0.29) is 0 Å². The molecule has 19 heavy (non-hydrogen) atoms. The van der Waals surface area contributed by atoms with E-state index in [0.29, 0.717) is 12.5 Å². The van der Waals surface area contributed by atoms with E-state index in [4.69, 9.17) is 21.1 Å². The summed E-state index contributed by atoms with van der Waals surface area (Å²) in [4.78, 5) is 4.41. The van der Waals surface area contributed by atoms with Gasteiger partial charge in [0.05, 0.1) is 18.7 Å². The predicted octanol–water partition coefficient (Wildman–Crippen LogP) is 3.72. The Morgan fingerprint density at radius 3 is 2.74 bits per heavy atom. The summed E-state index contributed by atoms with van der Waals surface area (Å²) in [6.45, 7) is 2.32. The zero-order valence-corrected chi connectivity index (χ0v) is 11.8. The Bertz CT molecular complexity index is 558. The zero-order valence-electron chi connectivity index (χ0n) is 11.0. The molecule has 1 heterocycles. The molecule has 1 aromatic carbocycles. The lowest BCUT2D eigenvalue weighted by molar-refractivity contribution is 0.297. The van der Waals surface area contributed by atoms with Crippen LogP contribution >= 0.6 is 11.6 Å². The van der Waals surface area contributed by atoms with Crippen LogP contribution in [-0.4, -0.2) is 12.1 Å². The number of alkyl halides is 1. The second-order valence-corrected chi connectivity index (χ2v) is 4.44. The highest BCUT2D eigenvalue weighted by Crippen LogP contribution is 2.21. The first kappa shape index (κ1) is 13.7. The minimum atomic E-state index is 0.395. The Kier molecular flexibility index (Phi) is 4.63. The third kappa shape index (κ3) is 3.61. The molecule has 2 aromatic rings. The number of para-hydroxylation sites is 1. The molecule has 0 amide bonds. The molecule has 0 spiro atoms. The van der Waals surface area contributed by atoms with Gasteiger partial charge in [-0.15, -0.1) is 11.6 Å². The van der Waals surface area contributed by atoms with Crippen molar-refractivity contribution in [3.63, 3.8) is 0 Å². The molecule has 2 rings (SSSR count). The number of benzene rings is 1. The van der Waals surface area contributed by atoms with Gasteiger partial charge in [0.1, 0.15) is 18.1 Å². The van der Waals surface area contributed by atoms with Crippen molar-refractivity contribution in [3.05, 3.63) is 53.3 Å². The number of aromatic nitrogens is 1. The number of hydrogen-bond donors (Lipinski definition) is 0. The molecule has 1 aromatic heterocycles. The van der Waals surface area contributed by atoms with Gasteiger partial charge in [-0.3, -0.25) is 4.98 Å². The first-order valence-electron chi connectivity index (χ1n) is 6.01. The Labute approximate surface area is 118 Å². The number of ether oxygens (including phenoxy) is 2. The van der Waals surface area contributed by atoms with E-state index in [0.717, 1.165) is 28.5 Å². The van der Waals surface area contributed by atoms with Crippen LogP contribution in [0.25, 0.3) is 0 Å². The van der Waals surface area contributed by atoms with Gasteiger partial charge in [0, 0.05) is 23.4 Å². The van der Waals surface area contributed by atoms with E-state index >= 15 is 0 Å². The third-order valence-corrected chi connectivity index (χ3v) is 3.00. The van der Waals surface area contributed by atoms with Crippen molar-refractivity contribution in [1.82, 2.24) is 4.98 Å². The topological polar surface area (TPSA) is 31.4 Å². The van der Waals surface area contributed by atoms with Gasteiger partial charge in [-0.1, -0.05) is 18.2 Å². The fourth-order valence-electron chi connectivity index (χ4n) is 1.80. The van der Waals surface area contributed by atoms with Crippen molar-refractivity contribution in [2.45, 2.75) is 19.4 Å². The standard InChI is InChI=1S/C15H16ClNO2/c1-11-7-14(18-2)8-13(17-11)10-19-15-6-4-3-5-12(15)9-16/h3-8H,9-10H2,1-2H3. The summed E-state index contributed by atoms with van der Waals surface area (Å²) in [5.74, 6) is 2.01. The number of methoxy groups -OCH3 is 1. The van der Waals surface area contributed by atoms with Crippen LogP contribution in [0.3, 0.4) is 0 Å². The van der Waals surface area contributed by atoms with Crippen LogP contribution < -0.4 is 9.47 Å². The van der Waals surface area contributed by atoms with E-state index in [1.54, 1.807) is 7.11 Å². The molecule has 0 saturated heterocycles. The Balaban J connectivity index is 2.12. The molecule has 0 N–H and O–H groups in total. The van der Waals surface area contributed by atoms with Crippen molar-refractivity contribution < 1.29 is 9.47 Å². The minimum Gasteiger partial charge on any atom is -0.497 e. The lowest BCUT2D eigenvalue weighted by Crippen LogP contribution is -2.01. The quantitative estimate of drug-likeness (QED) is 0.781. The normalized spacial score (nSPS) is 10.3. The summed E-state index contributed by atoms with van der Waals surface area (Å²) in [6.07, 6.45) is 0. The van der Waals surface area contributed by atoms with Gasteiger partial charge in [-0.05, 0) is 13.0 Å². The minimum absolute atomic E-state index is 0.395. The molecule has 0 atom stereocenters. The molecule has 0 aliphatic carbocycles. The molecule has 0 unspecified atom stereocenters. The zero-order chi connectivity index (χ0) is 13.7. The van der Waals surface area contributed by atoms with Gasteiger partial charge in [-0.25, -0.2) is 0 Å². The van der Waals surface area contributed by atoms with Crippen LogP contribution in [0, 0.1) is 6.92 Å². The highest BCUT2D eigenvalue weighted by atomic mass is 35.5. The van der Waals surface area contributed by atoms with Gasteiger partial charge in [0.15, 0.2) is 0 Å². The smallest absolute Gasteiger partial charge is 0.130 e. The molecule has 0 radical (unpaired) electrons. The van der Waals surface area contributed by atoms with Crippen molar-refractivity contribution in [3.8, 4) is 11.5 Å². The summed E-state index contributed by atoms with van der Waals surface area (Å²) >= 11 is 5.87. The highest BCUT2D eigenvalue weighted by molar-refractivity contribution is 6.17. The number of hydrogen-bond acceptors (Lipinski definition) is 3. The lowest BCUT2D eigenvalue weighted by Gasteiger charge is -2.10. The first-order valence-corrected chi connectivity index (χ1v) is 6.54. The van der Waals surface area contributed by atoms with E-state index in [2.05, 4.69) is 4.98 Å². The van der Waals surface area contributed by atoms with Crippen LogP contribution in [0.1, 0.15) is 17.0 Å². The van der Waals surface area contributed by atoms with Crippen LogP contribution in [0.15, 0.2) is 36.4 Å². The van der Waals surface area contributed by atoms with Gasteiger partial charge >= 0.3 is 0 Å². The fourth-order valence-corrected chi connectivity index (χ4v) is 2.02. The Morgan fingerprint density at radius 1 is 1.21 bits per heavy atom. The number of rotatable bonds is 5. The van der Waals surface area contributed by atoms with E-state index < -0.39 is 0 Å². The molecule has 4 heteroatoms. The number of aryl methyl sites for hydroxylation is 1. The summed E-state index contributed by atoms with van der Waals surface area (Å²) in [7, 11) is 1.64. The van der Waals surface area contributed by atoms with Crippen LogP contribution in [0.2, 0.25) is 0 Å². The molecule has 0 saturated carbocycles. The molecular weight excluding hydrogens is 262 g/mol. The van der Waals surface area contributed by atoms with Gasteiger partial charge in [0.25, 0.3) is 0 Å². The molecule has 100 valence electrons. The monoisotopic (exact) mass is 277 g/mol. The summed E-state index contributed by atoms with van der Waals surface area (Å²) in [5.41, 5.74) is 2.72. The van der Waals surface area contributed by atoms with Crippen molar-refractivity contribution in [2.75, 3.05) is 7.11 Å². The second-order valence-electron chi connectivity index (χ2n) is 4.17. The third-order valence-electron chi connectivity index (χ3n) is 2.71. The maximum absolute atomic E-state index is 5.87. The van der Waals surface area contributed by atoms with Crippen molar-refractivity contribution in [1.29, 1.82) is 0 Å². The highest BCUT2D eigenvalue weighted by Gasteiger charge is 2.04. The Hall–Kier alpha value is -1.74. The SMILES string of the molecule is COc1cc(C)nc(COc2ccccc2CCl)c1. The van der Waals surface area contributed by atoms with Gasteiger partial charge in [0.2, 0.25) is 0 Å². The lowest BCUT2D eigenvalue weighted by atomic mass is 10.2. The molecule has 0 bridgehead atoms. The maximum atomic E-state index is 5.87. The largest absolute Gasteiger partial charge is 0.497 e. The van der Waals surface area contributed by atoms with E-state index in [1.165, 1.54) is 0 Å². The average molecular weight is 278 g/mol. The predicted molar refractivity (Wildman–Crippen MR) is 75.9 cm³/mol. The molecule has 0 fully saturated rings. The Morgan fingerprint density at radius 2 is 2.00 bits per heavy atom. The van der Waals surface area contributed by atoms with Crippen LogP contribution in [0.5, 0.6) is 11.5 Å². The number of pyridine rings is 1. The summed E-state index contributed by atoms with van der Waals surface area (Å²) < 4.78 is 11.0. The molecule has 0 aliphatic rings. The van der Waals surface area contributed by atoms with Gasteiger partial charge in [-0.2, -0.15) is 0 Å². The first-order chi connectivity index (χ1) is 9.22. The van der Waals surface area contributed by atoms with Crippen molar-refractivity contribution in [2.24, 2.45) is 0 Å². The van der Waals surface area contributed by atoms with E-state index in [9.17, 15) is 0 Å². The van der Waals surface area contributed by atoms with Crippen molar-refractivity contribution >= 4 is 11.6 Å². The average Bonchev–Trinajstić information content (AvgIpc) is 2.44. The van der Waals surface area contributed by atoms with Crippen LogP contribution in [-0.2, 0) is 12.5 Å². The number of halogens is 1. The maximum Gasteiger partial charge on any atom is 0.130 e. The molecule has 0 aliphatic heterocycles. The second kappa shape index (κ2) is 6.43. The van der Waals surface area contributed by atoms with Gasteiger partial charge < -0.3 is 9.47 Å². The van der Waals surface area contributed by atoms with Crippen LogP contribution in [0.4, 0.5) is 0 Å². The summed E-state index contributed by atoms with van der Waals surface area (Å²) in [5, 5.41) is 0. The molecular formula is C15H16ClNO2. The number of nitrogens with zero attached hydrogens (tertiary/aromatic N) is 1. The fraction of sp³-hybridized carbons (Fsp3) is 0.267. The molecule has 3 nitrogen and oxygen atoms in total. The summed E-state index contributed by atoms with van der Waals surface area (Å²) in [6, 6.07) is 11.5. The van der Waals surface area contributed by atoms with E-state index in [1.807, 2.05) is 43.3 Å².